The van der Waals surface area contributed by atoms with Crippen molar-refractivity contribution in [3.05, 3.63) is 29.6 Å². The highest BCUT2D eigenvalue weighted by atomic mass is 19.1. The quantitative estimate of drug-likeness (QED) is 0.816. The number of nitrogens with zero attached hydrogens (tertiary/aromatic N) is 1. The molecule has 118 valence electrons. The summed E-state index contributed by atoms with van der Waals surface area (Å²) < 4.78 is 19.3. The number of anilines is 1. The first-order chi connectivity index (χ1) is 10.2. The van der Waals surface area contributed by atoms with Crippen LogP contribution in [0.25, 0.3) is 0 Å². The van der Waals surface area contributed by atoms with E-state index in [4.69, 9.17) is 4.74 Å². The fourth-order valence-corrected chi connectivity index (χ4v) is 2.83. The molecular formula is C17H27FN2O. The van der Waals surface area contributed by atoms with Gasteiger partial charge in [0.1, 0.15) is 5.82 Å². The number of halogens is 1. The normalized spacial score (nSPS) is 19.6. The van der Waals surface area contributed by atoms with E-state index in [1.54, 1.807) is 13.2 Å². The average molecular weight is 294 g/mol. The number of ether oxygens (including phenoxy) is 1. The molecule has 4 heteroatoms. The predicted octanol–water partition coefficient (Wildman–Crippen LogP) is 3.19. The number of hydrogen-bond donors (Lipinski definition) is 1. The zero-order valence-corrected chi connectivity index (χ0v) is 13.2. The van der Waals surface area contributed by atoms with Crippen LogP contribution in [0.4, 0.5) is 10.1 Å². The minimum Gasteiger partial charge on any atom is -0.383 e. The third-order valence-electron chi connectivity index (χ3n) is 4.18. The van der Waals surface area contributed by atoms with Gasteiger partial charge in [0.2, 0.25) is 0 Å². The molecule has 1 unspecified atom stereocenters. The molecule has 1 aliphatic heterocycles. The van der Waals surface area contributed by atoms with Crippen molar-refractivity contribution < 1.29 is 9.13 Å². The van der Waals surface area contributed by atoms with Gasteiger partial charge in [-0.05, 0) is 42.9 Å². The summed E-state index contributed by atoms with van der Waals surface area (Å²) in [5, 5.41) is 3.24. The van der Waals surface area contributed by atoms with E-state index in [0.29, 0.717) is 13.2 Å². The van der Waals surface area contributed by atoms with E-state index < -0.39 is 0 Å². The molecule has 0 radical (unpaired) electrons. The minimum absolute atomic E-state index is 0.101. The van der Waals surface area contributed by atoms with Crippen molar-refractivity contribution in [1.29, 1.82) is 0 Å². The Morgan fingerprint density at radius 2 is 2.19 bits per heavy atom. The lowest BCUT2D eigenvalue weighted by molar-refractivity contribution is 0.199. The highest BCUT2D eigenvalue weighted by Crippen LogP contribution is 2.25. The molecule has 0 aliphatic carbocycles. The highest BCUT2D eigenvalue weighted by Gasteiger charge is 2.17. The third-order valence-corrected chi connectivity index (χ3v) is 4.18. The molecule has 1 saturated heterocycles. The Morgan fingerprint density at radius 1 is 1.33 bits per heavy atom. The molecule has 1 heterocycles. The first kappa shape index (κ1) is 16.2. The van der Waals surface area contributed by atoms with Gasteiger partial charge in [0.25, 0.3) is 0 Å². The Hall–Kier alpha value is -1.13. The first-order valence-corrected chi connectivity index (χ1v) is 7.93. The standard InChI is InChI=1S/C17H27FN2O/c1-14-4-3-9-20(10-7-14)17-6-5-15(12-16(17)18)13-19-8-11-21-2/h5-6,12,14,19H,3-4,7-11,13H2,1-2H3. The van der Waals surface area contributed by atoms with Crippen LogP contribution in [0, 0.1) is 11.7 Å². The lowest BCUT2D eigenvalue weighted by Crippen LogP contribution is -2.25. The van der Waals surface area contributed by atoms with Gasteiger partial charge in [-0.15, -0.1) is 0 Å². The fraction of sp³-hybridized carbons (Fsp3) is 0.647. The van der Waals surface area contributed by atoms with E-state index in [0.717, 1.165) is 49.6 Å². The van der Waals surface area contributed by atoms with Gasteiger partial charge in [-0.3, -0.25) is 0 Å². The van der Waals surface area contributed by atoms with Gasteiger partial charge in [0.05, 0.1) is 12.3 Å². The van der Waals surface area contributed by atoms with Gasteiger partial charge in [-0.2, -0.15) is 0 Å². The molecule has 0 bridgehead atoms. The second kappa shape index (κ2) is 8.35. The molecule has 1 aromatic rings. The molecule has 1 fully saturated rings. The second-order valence-corrected chi connectivity index (χ2v) is 5.98. The Bertz CT molecular complexity index is 439. The molecular weight excluding hydrogens is 267 g/mol. The van der Waals surface area contributed by atoms with Crippen LogP contribution in [0.2, 0.25) is 0 Å². The molecule has 0 saturated carbocycles. The van der Waals surface area contributed by atoms with Crippen LogP contribution in [-0.2, 0) is 11.3 Å². The molecule has 0 amide bonds. The molecule has 3 nitrogen and oxygen atoms in total. The topological polar surface area (TPSA) is 24.5 Å². The van der Waals surface area contributed by atoms with Gasteiger partial charge < -0.3 is 15.0 Å². The molecule has 21 heavy (non-hydrogen) atoms. The zero-order valence-electron chi connectivity index (χ0n) is 13.2. The van der Waals surface area contributed by atoms with Crippen molar-refractivity contribution >= 4 is 5.69 Å². The summed E-state index contributed by atoms with van der Waals surface area (Å²) in [6.45, 7) is 6.35. The van der Waals surface area contributed by atoms with Crippen LogP contribution in [0.5, 0.6) is 0 Å². The predicted molar refractivity (Wildman–Crippen MR) is 85.2 cm³/mol. The molecule has 2 rings (SSSR count). The monoisotopic (exact) mass is 294 g/mol. The molecule has 1 aliphatic rings. The van der Waals surface area contributed by atoms with E-state index in [1.807, 2.05) is 12.1 Å². The van der Waals surface area contributed by atoms with Crippen molar-refractivity contribution in [3.8, 4) is 0 Å². The summed E-state index contributed by atoms with van der Waals surface area (Å²) in [4.78, 5) is 2.20. The highest BCUT2D eigenvalue weighted by molar-refractivity contribution is 5.49. The van der Waals surface area contributed by atoms with Crippen molar-refractivity contribution in [2.75, 3.05) is 38.3 Å². The van der Waals surface area contributed by atoms with Crippen LogP contribution >= 0.6 is 0 Å². The van der Waals surface area contributed by atoms with Crippen molar-refractivity contribution in [2.24, 2.45) is 5.92 Å². The van der Waals surface area contributed by atoms with Gasteiger partial charge >= 0.3 is 0 Å². The van der Waals surface area contributed by atoms with Gasteiger partial charge in [0.15, 0.2) is 0 Å². The summed E-state index contributed by atoms with van der Waals surface area (Å²) in [5.74, 6) is 0.651. The second-order valence-electron chi connectivity index (χ2n) is 5.98. The summed E-state index contributed by atoms with van der Waals surface area (Å²) in [6.07, 6.45) is 3.56. The maximum Gasteiger partial charge on any atom is 0.146 e. The van der Waals surface area contributed by atoms with Crippen molar-refractivity contribution in [2.45, 2.75) is 32.7 Å². The van der Waals surface area contributed by atoms with Crippen molar-refractivity contribution in [1.82, 2.24) is 5.32 Å². The molecule has 1 aromatic carbocycles. The average Bonchev–Trinajstić information content (AvgIpc) is 2.69. The maximum absolute atomic E-state index is 14.3. The van der Waals surface area contributed by atoms with Gasteiger partial charge in [0, 0.05) is 33.3 Å². The number of rotatable bonds is 6. The third kappa shape index (κ3) is 4.97. The van der Waals surface area contributed by atoms with Crippen LogP contribution in [0.1, 0.15) is 31.7 Å². The number of hydrogen-bond acceptors (Lipinski definition) is 3. The Labute approximate surface area is 127 Å². The Morgan fingerprint density at radius 3 is 2.95 bits per heavy atom. The van der Waals surface area contributed by atoms with E-state index >= 15 is 0 Å². The van der Waals surface area contributed by atoms with Crippen LogP contribution in [-0.4, -0.2) is 33.4 Å². The smallest absolute Gasteiger partial charge is 0.146 e. The van der Waals surface area contributed by atoms with Gasteiger partial charge in [-0.1, -0.05) is 13.0 Å². The van der Waals surface area contributed by atoms with Crippen LogP contribution < -0.4 is 10.2 Å². The van der Waals surface area contributed by atoms with E-state index in [1.165, 1.54) is 6.42 Å². The summed E-state index contributed by atoms with van der Waals surface area (Å²) in [7, 11) is 1.68. The van der Waals surface area contributed by atoms with Crippen LogP contribution in [0.15, 0.2) is 18.2 Å². The maximum atomic E-state index is 14.3. The molecule has 1 N–H and O–H groups in total. The summed E-state index contributed by atoms with van der Waals surface area (Å²) >= 11 is 0. The fourth-order valence-electron chi connectivity index (χ4n) is 2.83. The van der Waals surface area contributed by atoms with E-state index in [9.17, 15) is 4.39 Å². The largest absolute Gasteiger partial charge is 0.383 e. The molecule has 1 atom stereocenters. The summed E-state index contributed by atoms with van der Waals surface area (Å²) in [6, 6.07) is 5.61. The number of nitrogens with one attached hydrogen (secondary N) is 1. The Balaban J connectivity index is 1.95. The zero-order chi connectivity index (χ0) is 15.1. The van der Waals surface area contributed by atoms with E-state index in [-0.39, 0.29) is 5.82 Å². The van der Waals surface area contributed by atoms with Crippen LogP contribution in [0.3, 0.4) is 0 Å². The summed E-state index contributed by atoms with van der Waals surface area (Å²) in [5.41, 5.74) is 1.74. The first-order valence-electron chi connectivity index (χ1n) is 7.93. The van der Waals surface area contributed by atoms with E-state index in [2.05, 4.69) is 17.1 Å². The van der Waals surface area contributed by atoms with Gasteiger partial charge in [-0.25, -0.2) is 4.39 Å². The lowest BCUT2D eigenvalue weighted by atomic mass is 10.0. The lowest BCUT2D eigenvalue weighted by Gasteiger charge is -2.23. The number of benzene rings is 1. The number of methoxy groups -OCH3 is 1. The Kier molecular flexibility index (Phi) is 6.46. The molecule has 0 spiro atoms. The minimum atomic E-state index is -0.101. The molecule has 0 aromatic heterocycles. The van der Waals surface area contributed by atoms with Crippen molar-refractivity contribution in [3.63, 3.8) is 0 Å². The SMILES string of the molecule is COCCNCc1ccc(N2CCCC(C)CC2)c(F)c1.